The smallest absolute Gasteiger partial charge is 0.322 e. The molecule has 0 aliphatic carbocycles. The van der Waals surface area contributed by atoms with Gasteiger partial charge in [0.2, 0.25) is 0 Å². The first kappa shape index (κ1) is 8.39. The Morgan fingerprint density at radius 2 is 2.33 bits per heavy atom. The van der Waals surface area contributed by atoms with Crippen LogP contribution in [-0.4, -0.2) is 10.3 Å². The zero-order valence-corrected chi connectivity index (χ0v) is 6.65. The highest BCUT2D eigenvalue weighted by Gasteiger charge is 2.14. The summed E-state index contributed by atoms with van der Waals surface area (Å²) >= 11 is 0. The molecule has 1 aromatic heterocycles. The lowest BCUT2D eigenvalue weighted by molar-refractivity contribution is -0.0847. The Kier molecular flexibility index (Phi) is 2.53. The molecule has 0 bridgehead atoms. The molecule has 0 unspecified atom stereocenters. The van der Waals surface area contributed by atoms with Crippen LogP contribution in [0.1, 0.15) is 12.8 Å². The molecular weight excluding hydrogens is 158 g/mol. The van der Waals surface area contributed by atoms with Crippen LogP contribution in [0, 0.1) is 0 Å². The van der Waals surface area contributed by atoms with Gasteiger partial charge in [-0.1, -0.05) is 12.7 Å². The van der Waals surface area contributed by atoms with E-state index in [0.717, 1.165) is 0 Å². The molecule has 0 saturated heterocycles. The van der Waals surface area contributed by atoms with E-state index in [1.165, 1.54) is 12.2 Å². The standard InChI is InChI=1S/C8H9NO3/c1-3-5-6(7(10)4-2)8-9-12-11-8/h3-5,10H,1H2,2H3/b6-5+,7-4+. The van der Waals surface area contributed by atoms with Gasteiger partial charge >= 0.3 is 5.89 Å². The molecule has 0 aliphatic heterocycles. The molecular formula is C8H9NO3. The van der Waals surface area contributed by atoms with Crippen LogP contribution in [0.4, 0.5) is 0 Å². The van der Waals surface area contributed by atoms with Crippen LogP contribution >= 0.6 is 0 Å². The fourth-order valence-electron chi connectivity index (χ4n) is 0.708. The first-order valence-electron chi connectivity index (χ1n) is 3.40. The van der Waals surface area contributed by atoms with Gasteiger partial charge < -0.3 is 5.11 Å². The summed E-state index contributed by atoms with van der Waals surface area (Å²) in [5.41, 5.74) is 0.457. The molecule has 4 heteroatoms. The highest BCUT2D eigenvalue weighted by Crippen LogP contribution is 2.20. The molecule has 0 radical (unpaired) electrons. The largest absolute Gasteiger partial charge is 0.507 e. The lowest BCUT2D eigenvalue weighted by Gasteiger charge is -2.01. The van der Waals surface area contributed by atoms with E-state index in [1.807, 2.05) is 0 Å². The molecule has 1 aromatic rings. The Balaban J connectivity index is 2.95. The maximum absolute atomic E-state index is 9.31. The maximum Gasteiger partial charge on any atom is 0.322 e. The molecule has 1 heterocycles. The number of nitrogens with zero attached hydrogens (tertiary/aromatic N) is 1. The SMILES string of the molecule is C=C/C=C(\C(O)=C/C)c1noo1. The van der Waals surface area contributed by atoms with Crippen LogP contribution in [-0.2, 0) is 0 Å². The molecule has 64 valence electrons. The number of aliphatic hydroxyl groups excluding tert-OH is 1. The van der Waals surface area contributed by atoms with Crippen molar-refractivity contribution in [2.45, 2.75) is 6.92 Å². The third-order valence-electron chi connectivity index (χ3n) is 1.30. The number of allylic oxidation sites excluding steroid dienone is 4. The third-order valence-corrected chi connectivity index (χ3v) is 1.30. The van der Waals surface area contributed by atoms with Crippen molar-refractivity contribution in [2.75, 3.05) is 0 Å². The van der Waals surface area contributed by atoms with Crippen molar-refractivity contribution in [3.05, 3.63) is 36.5 Å². The summed E-state index contributed by atoms with van der Waals surface area (Å²) in [6.07, 6.45) is 4.63. The van der Waals surface area contributed by atoms with Gasteiger partial charge in [-0.25, -0.2) is 4.58 Å². The molecule has 0 amide bonds. The number of hydrogen-bond donors (Lipinski definition) is 1. The summed E-state index contributed by atoms with van der Waals surface area (Å²) in [5.74, 6) is 0.336. The molecule has 12 heavy (non-hydrogen) atoms. The Bertz CT molecular complexity index is 308. The van der Waals surface area contributed by atoms with E-state index in [0.29, 0.717) is 5.57 Å². The summed E-state index contributed by atoms with van der Waals surface area (Å²) in [6, 6.07) is 0. The van der Waals surface area contributed by atoms with Gasteiger partial charge in [-0.2, -0.15) is 4.68 Å². The van der Waals surface area contributed by atoms with Crippen molar-refractivity contribution < 1.29 is 14.4 Å². The van der Waals surface area contributed by atoms with Crippen molar-refractivity contribution in [3.63, 3.8) is 0 Å². The van der Waals surface area contributed by atoms with E-state index in [-0.39, 0.29) is 11.6 Å². The van der Waals surface area contributed by atoms with Crippen LogP contribution < -0.4 is 0 Å². The van der Waals surface area contributed by atoms with Crippen molar-refractivity contribution in [1.29, 1.82) is 0 Å². The van der Waals surface area contributed by atoms with Gasteiger partial charge in [0.25, 0.3) is 0 Å². The Morgan fingerprint density at radius 3 is 2.67 bits per heavy atom. The third kappa shape index (κ3) is 1.47. The fraction of sp³-hybridized carbons (Fsp3) is 0.125. The lowest BCUT2D eigenvalue weighted by atomic mass is 10.2. The first-order valence-corrected chi connectivity index (χ1v) is 3.40. The van der Waals surface area contributed by atoms with Crippen LogP contribution in [0.5, 0.6) is 0 Å². The zero-order valence-electron chi connectivity index (χ0n) is 6.65. The van der Waals surface area contributed by atoms with Crippen molar-refractivity contribution >= 4 is 5.57 Å². The van der Waals surface area contributed by atoms with Crippen LogP contribution in [0.15, 0.2) is 39.8 Å². The Morgan fingerprint density at radius 1 is 1.67 bits per heavy atom. The molecule has 0 aliphatic rings. The first-order chi connectivity index (χ1) is 5.79. The van der Waals surface area contributed by atoms with E-state index in [4.69, 9.17) is 0 Å². The Labute approximate surface area is 69.4 Å². The van der Waals surface area contributed by atoms with Gasteiger partial charge in [0.1, 0.15) is 5.76 Å². The lowest BCUT2D eigenvalue weighted by Crippen LogP contribution is -1.94. The molecule has 0 fully saturated rings. The normalized spacial score (nSPS) is 13.4. The molecule has 1 rings (SSSR count). The van der Waals surface area contributed by atoms with E-state index in [1.54, 1.807) is 13.0 Å². The summed E-state index contributed by atoms with van der Waals surface area (Å²) in [7, 11) is 0. The number of aromatic nitrogens is 1. The van der Waals surface area contributed by atoms with E-state index in [9.17, 15) is 5.11 Å². The fourth-order valence-corrected chi connectivity index (χ4v) is 0.708. The van der Waals surface area contributed by atoms with Crippen LogP contribution in [0.3, 0.4) is 0 Å². The monoisotopic (exact) mass is 167 g/mol. The quantitative estimate of drug-likeness (QED) is 0.426. The van der Waals surface area contributed by atoms with Crippen LogP contribution in [0.25, 0.3) is 5.57 Å². The minimum atomic E-state index is 0.0805. The van der Waals surface area contributed by atoms with Crippen molar-refractivity contribution in [2.24, 2.45) is 0 Å². The average Bonchev–Trinajstić information content (AvgIpc) is 1.99. The second-order valence-electron chi connectivity index (χ2n) is 2.04. The summed E-state index contributed by atoms with van der Waals surface area (Å²) in [5, 5.41) is 12.7. The van der Waals surface area contributed by atoms with Gasteiger partial charge in [0.15, 0.2) is 0 Å². The predicted octanol–water partition coefficient (Wildman–Crippen LogP) is 2.30. The van der Waals surface area contributed by atoms with Crippen LogP contribution in [0.2, 0.25) is 0 Å². The topological polar surface area (TPSA) is 59.4 Å². The van der Waals surface area contributed by atoms with Gasteiger partial charge in [-0.15, -0.1) is 0 Å². The molecule has 0 saturated carbocycles. The summed E-state index contributed by atoms with van der Waals surface area (Å²) in [4.78, 5) is 0. The summed E-state index contributed by atoms with van der Waals surface area (Å²) in [6.45, 7) is 5.19. The van der Waals surface area contributed by atoms with E-state index >= 15 is 0 Å². The second-order valence-corrected chi connectivity index (χ2v) is 2.04. The Hall–Kier alpha value is -1.71. The predicted molar refractivity (Wildman–Crippen MR) is 43.3 cm³/mol. The molecule has 1 N–H and O–H groups in total. The van der Waals surface area contributed by atoms with Gasteiger partial charge in [0, 0.05) is 5.16 Å². The van der Waals surface area contributed by atoms with Gasteiger partial charge in [-0.3, -0.25) is 0 Å². The van der Waals surface area contributed by atoms with E-state index in [2.05, 4.69) is 21.0 Å². The number of aliphatic hydroxyl groups is 1. The number of hydrogen-bond acceptors (Lipinski definition) is 4. The highest BCUT2D eigenvalue weighted by molar-refractivity contribution is 5.72. The maximum atomic E-state index is 9.31. The molecule has 0 aromatic carbocycles. The highest BCUT2D eigenvalue weighted by atomic mass is 17.0. The second kappa shape index (κ2) is 3.61. The van der Waals surface area contributed by atoms with Crippen molar-refractivity contribution in [3.8, 4) is 0 Å². The van der Waals surface area contributed by atoms with Gasteiger partial charge in [-0.05, 0) is 19.1 Å². The minimum Gasteiger partial charge on any atom is -0.507 e. The summed E-state index contributed by atoms with van der Waals surface area (Å²) < 4.78 is 8.63. The number of rotatable bonds is 3. The van der Waals surface area contributed by atoms with Crippen molar-refractivity contribution in [1.82, 2.24) is 5.16 Å². The molecule has 4 nitrogen and oxygen atoms in total. The molecule has 0 atom stereocenters. The zero-order chi connectivity index (χ0) is 8.97. The van der Waals surface area contributed by atoms with E-state index < -0.39 is 0 Å². The molecule has 0 spiro atoms. The minimum absolute atomic E-state index is 0.0805. The average molecular weight is 167 g/mol. The van der Waals surface area contributed by atoms with Gasteiger partial charge in [0.05, 0.1) is 5.57 Å².